The van der Waals surface area contributed by atoms with Crippen molar-refractivity contribution in [2.75, 3.05) is 26.2 Å². The van der Waals surface area contributed by atoms with E-state index in [0.717, 1.165) is 0 Å². The van der Waals surface area contributed by atoms with Gasteiger partial charge in [-0.05, 0) is 6.92 Å². The number of alkyl halides is 3. The van der Waals surface area contributed by atoms with Crippen LogP contribution in [0.5, 0.6) is 0 Å². The Hall–Kier alpha value is -1.31. The van der Waals surface area contributed by atoms with Crippen LogP contribution in [-0.2, 0) is 9.59 Å². The molecule has 1 unspecified atom stereocenters. The van der Waals surface area contributed by atoms with E-state index >= 15 is 0 Å². The van der Waals surface area contributed by atoms with E-state index in [0.29, 0.717) is 26.2 Å². The summed E-state index contributed by atoms with van der Waals surface area (Å²) < 4.78 is 36.2. The third-order valence-electron chi connectivity index (χ3n) is 2.51. The first-order valence-electron chi connectivity index (χ1n) is 5.67. The van der Waals surface area contributed by atoms with Crippen molar-refractivity contribution in [1.82, 2.24) is 15.5 Å². The summed E-state index contributed by atoms with van der Waals surface area (Å²) in [4.78, 5) is 24.4. The number of nitrogens with one attached hydrogen (secondary N) is 2. The first-order valence-corrected chi connectivity index (χ1v) is 5.67. The maximum absolute atomic E-state index is 12.1. The van der Waals surface area contributed by atoms with Crippen LogP contribution in [0.1, 0.15) is 13.3 Å². The Bertz CT molecular complexity index is 314. The highest BCUT2D eigenvalue weighted by atomic mass is 19.4. The summed E-state index contributed by atoms with van der Waals surface area (Å²) in [6.45, 7) is 3.16. The maximum Gasteiger partial charge on any atom is 0.391 e. The van der Waals surface area contributed by atoms with Gasteiger partial charge in [-0.3, -0.25) is 9.59 Å². The number of halogens is 3. The maximum atomic E-state index is 12.1. The highest BCUT2D eigenvalue weighted by Gasteiger charge is 2.32. The molecule has 8 heteroatoms. The standard InChI is InChI=1S/C10H16F3N3O2/c1-7(6-10(11,12)13)15-8(17)9(18)16-4-2-14-3-5-16/h7,14H,2-6H2,1H3,(H,15,17). The molecule has 1 rings (SSSR count). The van der Waals surface area contributed by atoms with E-state index < -0.39 is 30.5 Å². The number of hydrogen-bond donors (Lipinski definition) is 2. The summed E-state index contributed by atoms with van der Waals surface area (Å²) in [5, 5.41) is 5.07. The molecule has 1 aliphatic heterocycles. The van der Waals surface area contributed by atoms with E-state index in [4.69, 9.17) is 0 Å². The molecule has 2 amide bonds. The Morgan fingerprint density at radius 1 is 1.33 bits per heavy atom. The molecule has 0 aromatic rings. The molecule has 0 aromatic heterocycles. The number of carbonyl (C=O) groups excluding carboxylic acids is 2. The lowest BCUT2D eigenvalue weighted by Gasteiger charge is -2.27. The van der Waals surface area contributed by atoms with Crippen LogP contribution >= 0.6 is 0 Å². The molecule has 5 nitrogen and oxygen atoms in total. The second kappa shape index (κ2) is 6.03. The molecule has 0 radical (unpaired) electrons. The summed E-state index contributed by atoms with van der Waals surface area (Å²) in [7, 11) is 0. The van der Waals surface area contributed by atoms with Crippen LogP contribution in [0, 0.1) is 0 Å². The predicted octanol–water partition coefficient (Wildman–Crippen LogP) is -0.125. The number of piperazine rings is 1. The Labute approximate surface area is 103 Å². The van der Waals surface area contributed by atoms with Gasteiger partial charge in [0.15, 0.2) is 0 Å². The molecule has 2 N–H and O–H groups in total. The van der Waals surface area contributed by atoms with E-state index in [1.165, 1.54) is 11.8 Å². The largest absolute Gasteiger partial charge is 0.391 e. The number of nitrogens with zero attached hydrogens (tertiary/aromatic N) is 1. The minimum absolute atomic E-state index is 0.389. The summed E-state index contributed by atoms with van der Waals surface area (Å²) in [5.74, 6) is -1.75. The van der Waals surface area contributed by atoms with Gasteiger partial charge >= 0.3 is 18.0 Å². The molecule has 1 aliphatic rings. The van der Waals surface area contributed by atoms with Gasteiger partial charge in [-0.15, -0.1) is 0 Å². The van der Waals surface area contributed by atoms with Gasteiger partial charge in [-0.2, -0.15) is 13.2 Å². The monoisotopic (exact) mass is 267 g/mol. The third kappa shape index (κ3) is 4.91. The second-order valence-corrected chi connectivity index (χ2v) is 4.24. The van der Waals surface area contributed by atoms with Gasteiger partial charge in [0.2, 0.25) is 0 Å². The van der Waals surface area contributed by atoms with Crippen molar-refractivity contribution in [1.29, 1.82) is 0 Å². The Kier molecular flexibility index (Phi) is 4.94. The third-order valence-corrected chi connectivity index (χ3v) is 2.51. The van der Waals surface area contributed by atoms with Crippen molar-refractivity contribution < 1.29 is 22.8 Å². The fourth-order valence-electron chi connectivity index (χ4n) is 1.70. The van der Waals surface area contributed by atoms with Crippen molar-refractivity contribution in [3.8, 4) is 0 Å². The van der Waals surface area contributed by atoms with Crippen LogP contribution in [0.3, 0.4) is 0 Å². The lowest BCUT2D eigenvalue weighted by molar-refractivity contribution is -0.150. The van der Waals surface area contributed by atoms with Gasteiger partial charge in [0.1, 0.15) is 0 Å². The summed E-state index contributed by atoms with van der Waals surface area (Å²) in [6.07, 6.45) is -5.50. The predicted molar refractivity (Wildman–Crippen MR) is 57.7 cm³/mol. The number of rotatable bonds is 2. The van der Waals surface area contributed by atoms with Crippen molar-refractivity contribution in [2.24, 2.45) is 0 Å². The van der Waals surface area contributed by atoms with Crippen LogP contribution in [-0.4, -0.2) is 55.1 Å². The minimum Gasteiger partial charge on any atom is -0.345 e. The van der Waals surface area contributed by atoms with E-state index in [2.05, 4.69) is 10.6 Å². The molecule has 0 aliphatic carbocycles. The highest BCUT2D eigenvalue weighted by molar-refractivity contribution is 6.35. The van der Waals surface area contributed by atoms with Gasteiger partial charge in [0.05, 0.1) is 6.42 Å². The van der Waals surface area contributed by atoms with Crippen LogP contribution in [0.25, 0.3) is 0 Å². The van der Waals surface area contributed by atoms with E-state index in [-0.39, 0.29) is 0 Å². The van der Waals surface area contributed by atoms with Crippen LogP contribution in [0.15, 0.2) is 0 Å². The number of carbonyl (C=O) groups is 2. The van der Waals surface area contributed by atoms with Crippen molar-refractivity contribution >= 4 is 11.8 Å². The minimum atomic E-state index is -4.36. The smallest absolute Gasteiger partial charge is 0.345 e. The fraction of sp³-hybridized carbons (Fsp3) is 0.800. The van der Waals surface area contributed by atoms with Crippen LogP contribution in [0.4, 0.5) is 13.2 Å². The van der Waals surface area contributed by atoms with Crippen molar-refractivity contribution in [2.45, 2.75) is 25.6 Å². The number of hydrogen-bond acceptors (Lipinski definition) is 3. The summed E-state index contributed by atoms with van der Waals surface area (Å²) in [6, 6.07) is -1.11. The molecule has 104 valence electrons. The molecular formula is C10H16F3N3O2. The molecule has 0 aromatic carbocycles. The Morgan fingerprint density at radius 2 is 1.89 bits per heavy atom. The highest BCUT2D eigenvalue weighted by Crippen LogP contribution is 2.21. The van der Waals surface area contributed by atoms with Crippen molar-refractivity contribution in [3.05, 3.63) is 0 Å². The van der Waals surface area contributed by atoms with Gasteiger partial charge in [-0.1, -0.05) is 0 Å². The molecule has 0 bridgehead atoms. The number of amides is 2. The first-order chi connectivity index (χ1) is 8.29. The molecule has 0 spiro atoms. The van der Waals surface area contributed by atoms with Crippen LogP contribution in [0.2, 0.25) is 0 Å². The molecule has 1 fully saturated rings. The van der Waals surface area contributed by atoms with Crippen molar-refractivity contribution in [3.63, 3.8) is 0 Å². The quantitative estimate of drug-likeness (QED) is 0.685. The van der Waals surface area contributed by atoms with Crippen LogP contribution < -0.4 is 10.6 Å². The lowest BCUT2D eigenvalue weighted by atomic mass is 10.2. The van der Waals surface area contributed by atoms with E-state index in [9.17, 15) is 22.8 Å². The zero-order valence-corrected chi connectivity index (χ0v) is 10.0. The average molecular weight is 267 g/mol. The normalized spacial score (nSPS) is 18.3. The molecule has 1 saturated heterocycles. The molecule has 18 heavy (non-hydrogen) atoms. The van der Waals surface area contributed by atoms with Gasteiger partial charge in [0.25, 0.3) is 0 Å². The topological polar surface area (TPSA) is 61.4 Å². The summed E-state index contributed by atoms with van der Waals surface area (Å²) in [5.41, 5.74) is 0. The van der Waals surface area contributed by atoms with Gasteiger partial charge < -0.3 is 15.5 Å². The zero-order chi connectivity index (χ0) is 13.8. The fourth-order valence-corrected chi connectivity index (χ4v) is 1.70. The molecular weight excluding hydrogens is 251 g/mol. The summed E-state index contributed by atoms with van der Waals surface area (Å²) >= 11 is 0. The molecule has 1 heterocycles. The first kappa shape index (κ1) is 14.7. The Morgan fingerprint density at radius 3 is 2.39 bits per heavy atom. The molecule has 1 atom stereocenters. The average Bonchev–Trinajstić information content (AvgIpc) is 2.26. The molecule has 0 saturated carbocycles. The lowest BCUT2D eigenvalue weighted by Crippen LogP contribution is -2.52. The van der Waals surface area contributed by atoms with Gasteiger partial charge in [-0.25, -0.2) is 0 Å². The van der Waals surface area contributed by atoms with Gasteiger partial charge in [0, 0.05) is 32.2 Å². The second-order valence-electron chi connectivity index (χ2n) is 4.24. The zero-order valence-electron chi connectivity index (χ0n) is 10.0. The SMILES string of the molecule is CC(CC(F)(F)F)NC(=O)C(=O)N1CCNCC1. The van der Waals surface area contributed by atoms with E-state index in [1.54, 1.807) is 0 Å². The van der Waals surface area contributed by atoms with E-state index in [1.807, 2.05) is 0 Å². The Balaban J connectivity index is 2.41.